The Bertz CT molecular complexity index is 649. The summed E-state index contributed by atoms with van der Waals surface area (Å²) in [6, 6.07) is 13.9. The van der Waals surface area contributed by atoms with E-state index in [9.17, 15) is 4.79 Å². The maximum Gasteiger partial charge on any atom is 0.188 e. The second-order valence-electron chi connectivity index (χ2n) is 5.89. The van der Waals surface area contributed by atoms with E-state index in [-0.39, 0.29) is 6.79 Å². The minimum absolute atomic E-state index is 0.129. The fourth-order valence-electron chi connectivity index (χ4n) is 2.45. The number of carbonyl (C=O) groups excluding carboxylic acids is 1. The molecule has 0 aromatic heterocycles. The Morgan fingerprint density at radius 1 is 0.960 bits per heavy atom. The third kappa shape index (κ3) is 6.24. The minimum Gasteiger partial charge on any atom is -0.494 e. The largest absolute Gasteiger partial charge is 0.494 e. The third-order valence-electron chi connectivity index (χ3n) is 3.93. The van der Waals surface area contributed by atoms with Gasteiger partial charge in [0, 0.05) is 7.11 Å². The number of hydrogen-bond donors (Lipinski definition) is 0. The highest BCUT2D eigenvalue weighted by molar-refractivity contribution is 5.79. The quantitative estimate of drug-likeness (QED) is 0.344. The summed E-state index contributed by atoms with van der Waals surface area (Å²) in [4.78, 5) is 11.1. The van der Waals surface area contributed by atoms with Crippen molar-refractivity contribution in [3.8, 4) is 11.5 Å². The Morgan fingerprint density at radius 2 is 1.68 bits per heavy atom. The van der Waals surface area contributed by atoms with Crippen LogP contribution in [0.15, 0.2) is 42.5 Å². The van der Waals surface area contributed by atoms with Crippen molar-refractivity contribution in [2.45, 2.75) is 32.6 Å². The standard InChI is InChI=1S/C21H26O4/c1-3-4-13-24-20-11-8-17(9-12-20)5-6-18-7-10-19(15-22)21(14-18)25-16-23-2/h7-12,14-15H,3-6,13,16H2,1-2H3. The number of aldehydes is 1. The first-order valence-electron chi connectivity index (χ1n) is 8.68. The van der Waals surface area contributed by atoms with Crippen molar-refractivity contribution >= 4 is 6.29 Å². The van der Waals surface area contributed by atoms with E-state index in [1.807, 2.05) is 24.3 Å². The number of benzene rings is 2. The second kappa shape index (κ2) is 10.5. The van der Waals surface area contributed by atoms with Crippen LogP contribution in [0, 0.1) is 0 Å². The fraction of sp³-hybridized carbons (Fsp3) is 0.381. The Hall–Kier alpha value is -2.33. The Labute approximate surface area is 149 Å². The predicted octanol–water partition coefficient (Wildman–Crippen LogP) is 4.45. The molecule has 134 valence electrons. The first-order chi connectivity index (χ1) is 12.3. The molecule has 0 saturated heterocycles. The smallest absolute Gasteiger partial charge is 0.188 e. The molecule has 2 aromatic carbocycles. The molecule has 0 saturated carbocycles. The average Bonchev–Trinajstić information content (AvgIpc) is 2.66. The van der Waals surface area contributed by atoms with Crippen LogP contribution in [-0.2, 0) is 17.6 Å². The van der Waals surface area contributed by atoms with Crippen LogP contribution in [0.5, 0.6) is 11.5 Å². The number of rotatable bonds is 11. The normalized spacial score (nSPS) is 10.5. The lowest BCUT2D eigenvalue weighted by Crippen LogP contribution is -2.02. The van der Waals surface area contributed by atoms with Crippen LogP contribution in [-0.4, -0.2) is 26.8 Å². The molecular formula is C21H26O4. The fourth-order valence-corrected chi connectivity index (χ4v) is 2.45. The van der Waals surface area contributed by atoms with E-state index in [2.05, 4.69) is 19.1 Å². The van der Waals surface area contributed by atoms with E-state index in [4.69, 9.17) is 14.2 Å². The first-order valence-corrected chi connectivity index (χ1v) is 8.68. The highest BCUT2D eigenvalue weighted by Gasteiger charge is 2.05. The number of carbonyl (C=O) groups is 1. The van der Waals surface area contributed by atoms with Crippen LogP contribution < -0.4 is 9.47 Å². The molecule has 0 radical (unpaired) electrons. The highest BCUT2D eigenvalue weighted by Crippen LogP contribution is 2.21. The van der Waals surface area contributed by atoms with Gasteiger partial charge in [0.05, 0.1) is 12.2 Å². The molecule has 0 bridgehead atoms. The molecule has 25 heavy (non-hydrogen) atoms. The Kier molecular flexibility index (Phi) is 7.99. The summed E-state index contributed by atoms with van der Waals surface area (Å²) in [5, 5.41) is 0. The molecule has 0 heterocycles. The summed E-state index contributed by atoms with van der Waals surface area (Å²) >= 11 is 0. The van der Waals surface area contributed by atoms with Crippen molar-refractivity contribution in [2.75, 3.05) is 20.5 Å². The molecular weight excluding hydrogens is 316 g/mol. The summed E-state index contributed by atoms with van der Waals surface area (Å²) in [6.45, 7) is 3.05. The molecule has 0 atom stereocenters. The van der Waals surface area contributed by atoms with Crippen LogP contribution in [0.2, 0.25) is 0 Å². The van der Waals surface area contributed by atoms with Crippen molar-refractivity contribution in [3.63, 3.8) is 0 Å². The molecule has 0 aliphatic heterocycles. The lowest BCUT2D eigenvalue weighted by atomic mass is 10.0. The molecule has 0 amide bonds. The summed E-state index contributed by atoms with van der Waals surface area (Å²) in [5.74, 6) is 1.48. The maximum absolute atomic E-state index is 11.1. The second-order valence-corrected chi connectivity index (χ2v) is 5.89. The summed E-state index contributed by atoms with van der Waals surface area (Å²) in [5.41, 5.74) is 2.91. The molecule has 4 nitrogen and oxygen atoms in total. The zero-order valence-corrected chi connectivity index (χ0v) is 15.0. The van der Waals surface area contributed by atoms with Crippen LogP contribution in [0.4, 0.5) is 0 Å². The van der Waals surface area contributed by atoms with Crippen LogP contribution in [0.25, 0.3) is 0 Å². The summed E-state index contributed by atoms with van der Waals surface area (Å²) < 4.78 is 16.1. The molecule has 4 heteroatoms. The van der Waals surface area contributed by atoms with Crippen molar-refractivity contribution in [1.82, 2.24) is 0 Å². The van der Waals surface area contributed by atoms with Gasteiger partial charge in [-0.3, -0.25) is 4.79 Å². The van der Waals surface area contributed by atoms with Crippen molar-refractivity contribution in [3.05, 3.63) is 59.2 Å². The lowest BCUT2D eigenvalue weighted by Gasteiger charge is -2.10. The Morgan fingerprint density at radius 3 is 2.36 bits per heavy atom. The SMILES string of the molecule is CCCCOc1ccc(CCc2ccc(C=O)c(OCOC)c2)cc1. The molecule has 0 aliphatic carbocycles. The molecule has 0 spiro atoms. The van der Waals surface area contributed by atoms with Crippen molar-refractivity contribution in [1.29, 1.82) is 0 Å². The highest BCUT2D eigenvalue weighted by atomic mass is 16.7. The third-order valence-corrected chi connectivity index (χ3v) is 3.93. The number of hydrogen-bond acceptors (Lipinski definition) is 4. The molecule has 0 aliphatic rings. The van der Waals surface area contributed by atoms with Gasteiger partial charge in [0.15, 0.2) is 13.1 Å². The summed E-state index contributed by atoms with van der Waals surface area (Å²) in [6.07, 6.45) is 4.80. The zero-order chi connectivity index (χ0) is 17.9. The number of unbranched alkanes of at least 4 members (excludes halogenated alkanes) is 1. The van der Waals surface area contributed by atoms with Crippen molar-refractivity contribution in [2.24, 2.45) is 0 Å². The average molecular weight is 342 g/mol. The zero-order valence-electron chi connectivity index (χ0n) is 15.0. The monoisotopic (exact) mass is 342 g/mol. The van der Waals surface area contributed by atoms with Gasteiger partial charge in [0.1, 0.15) is 11.5 Å². The van der Waals surface area contributed by atoms with E-state index in [0.29, 0.717) is 11.3 Å². The number of ether oxygens (including phenoxy) is 3. The van der Waals surface area contributed by atoms with Crippen LogP contribution in [0.3, 0.4) is 0 Å². The van der Waals surface area contributed by atoms with E-state index in [0.717, 1.165) is 49.9 Å². The lowest BCUT2D eigenvalue weighted by molar-refractivity contribution is 0.0505. The van der Waals surface area contributed by atoms with Gasteiger partial charge in [-0.1, -0.05) is 31.5 Å². The van der Waals surface area contributed by atoms with E-state index < -0.39 is 0 Å². The van der Waals surface area contributed by atoms with E-state index in [1.165, 1.54) is 5.56 Å². The molecule has 0 unspecified atom stereocenters. The van der Waals surface area contributed by atoms with Gasteiger partial charge in [-0.25, -0.2) is 0 Å². The summed E-state index contributed by atoms with van der Waals surface area (Å²) in [7, 11) is 1.56. The van der Waals surface area contributed by atoms with Crippen LogP contribution >= 0.6 is 0 Å². The predicted molar refractivity (Wildman–Crippen MR) is 98.6 cm³/mol. The van der Waals surface area contributed by atoms with Gasteiger partial charge >= 0.3 is 0 Å². The molecule has 2 aromatic rings. The number of methoxy groups -OCH3 is 1. The molecule has 0 N–H and O–H groups in total. The van der Waals surface area contributed by atoms with Gasteiger partial charge < -0.3 is 14.2 Å². The van der Waals surface area contributed by atoms with Gasteiger partial charge in [-0.05, 0) is 54.7 Å². The van der Waals surface area contributed by atoms with Gasteiger partial charge in [-0.2, -0.15) is 0 Å². The first kappa shape index (κ1) is 19.0. The van der Waals surface area contributed by atoms with Gasteiger partial charge in [-0.15, -0.1) is 0 Å². The molecule has 0 fully saturated rings. The topological polar surface area (TPSA) is 44.8 Å². The Balaban J connectivity index is 1.92. The molecule has 2 rings (SSSR count). The minimum atomic E-state index is 0.129. The van der Waals surface area contributed by atoms with Gasteiger partial charge in [0.2, 0.25) is 0 Å². The van der Waals surface area contributed by atoms with E-state index >= 15 is 0 Å². The van der Waals surface area contributed by atoms with E-state index in [1.54, 1.807) is 13.2 Å². The van der Waals surface area contributed by atoms with Crippen molar-refractivity contribution < 1.29 is 19.0 Å². The van der Waals surface area contributed by atoms with Crippen LogP contribution in [0.1, 0.15) is 41.3 Å². The van der Waals surface area contributed by atoms with Gasteiger partial charge in [0.25, 0.3) is 0 Å². The number of aryl methyl sites for hydroxylation is 2. The maximum atomic E-state index is 11.1.